The fraction of sp³-hybridized carbons (Fsp3) is 0.308. The van der Waals surface area contributed by atoms with E-state index < -0.39 is 5.82 Å². The molecule has 0 aromatic carbocycles. The molecule has 0 saturated heterocycles. The molecule has 0 aliphatic rings. The van der Waals surface area contributed by atoms with E-state index in [4.69, 9.17) is 16.3 Å². The molecular weight excluding hydrogens is 283 g/mol. The molecule has 0 unspecified atom stereocenters. The van der Waals surface area contributed by atoms with Crippen LogP contribution in [-0.4, -0.2) is 21.1 Å². The maximum absolute atomic E-state index is 13.5. The summed E-state index contributed by atoms with van der Waals surface area (Å²) in [6.07, 6.45) is 2.67. The van der Waals surface area contributed by atoms with Crippen molar-refractivity contribution < 1.29 is 9.13 Å². The van der Waals surface area contributed by atoms with Gasteiger partial charge in [0.15, 0.2) is 11.6 Å². The van der Waals surface area contributed by atoms with Crippen LogP contribution < -0.4 is 10.1 Å². The van der Waals surface area contributed by atoms with Gasteiger partial charge in [-0.05, 0) is 31.5 Å². The van der Waals surface area contributed by atoms with Crippen molar-refractivity contribution in [3.63, 3.8) is 0 Å². The monoisotopic (exact) mass is 296 g/mol. The smallest absolute Gasteiger partial charge is 0.224 e. The Hall–Kier alpha value is -1.95. The second-order valence-corrected chi connectivity index (χ2v) is 4.66. The minimum absolute atomic E-state index is 0.00822. The highest BCUT2D eigenvalue weighted by molar-refractivity contribution is 6.28. The zero-order valence-electron chi connectivity index (χ0n) is 11.1. The van der Waals surface area contributed by atoms with Crippen LogP contribution in [0.1, 0.15) is 19.4 Å². The largest absolute Gasteiger partial charge is 0.475 e. The molecule has 2 rings (SSSR count). The van der Waals surface area contributed by atoms with Gasteiger partial charge in [0.05, 0.1) is 12.3 Å². The van der Waals surface area contributed by atoms with E-state index in [1.165, 1.54) is 0 Å². The van der Waals surface area contributed by atoms with Crippen molar-refractivity contribution in [1.29, 1.82) is 0 Å². The summed E-state index contributed by atoms with van der Waals surface area (Å²) in [5.41, 5.74) is 0.801. The van der Waals surface area contributed by atoms with Gasteiger partial charge in [0, 0.05) is 18.3 Å². The number of pyridine rings is 1. The molecule has 2 aromatic rings. The first-order valence-corrected chi connectivity index (χ1v) is 6.46. The number of nitrogens with one attached hydrogen (secondary N) is 1. The van der Waals surface area contributed by atoms with Crippen LogP contribution in [0.2, 0.25) is 5.28 Å². The quantitative estimate of drug-likeness (QED) is 0.859. The predicted octanol–water partition coefficient (Wildman–Crippen LogP) is 3.06. The summed E-state index contributed by atoms with van der Waals surface area (Å²) in [5.74, 6) is -0.00969. The highest BCUT2D eigenvalue weighted by Gasteiger charge is 2.09. The summed E-state index contributed by atoms with van der Waals surface area (Å²) in [6, 6.07) is 3.63. The van der Waals surface area contributed by atoms with E-state index in [9.17, 15) is 4.39 Å². The zero-order valence-corrected chi connectivity index (χ0v) is 11.9. The molecule has 5 nitrogen and oxygen atoms in total. The average molecular weight is 297 g/mol. The van der Waals surface area contributed by atoms with E-state index in [0.717, 1.165) is 11.8 Å². The van der Waals surface area contributed by atoms with Crippen molar-refractivity contribution in [1.82, 2.24) is 15.0 Å². The van der Waals surface area contributed by atoms with Crippen molar-refractivity contribution in [2.75, 3.05) is 5.32 Å². The number of nitrogens with zero attached hydrogens (tertiary/aromatic N) is 3. The SMILES string of the molecule is CC(C)Oc1ncccc1CNc1nc(Cl)ncc1F. The lowest BCUT2D eigenvalue weighted by Gasteiger charge is -2.13. The second kappa shape index (κ2) is 6.47. The van der Waals surface area contributed by atoms with Crippen LogP contribution in [0.4, 0.5) is 10.2 Å². The van der Waals surface area contributed by atoms with E-state index in [1.807, 2.05) is 19.9 Å². The normalized spacial score (nSPS) is 10.7. The maximum atomic E-state index is 13.5. The average Bonchev–Trinajstić information content (AvgIpc) is 2.41. The Morgan fingerprint density at radius 1 is 1.40 bits per heavy atom. The Bertz CT molecular complexity index is 594. The Labute approximate surface area is 121 Å². The van der Waals surface area contributed by atoms with Crippen LogP contribution in [0.15, 0.2) is 24.5 Å². The minimum Gasteiger partial charge on any atom is -0.475 e. The molecule has 7 heteroatoms. The van der Waals surface area contributed by atoms with Gasteiger partial charge in [0.25, 0.3) is 0 Å². The lowest BCUT2D eigenvalue weighted by atomic mass is 10.2. The van der Waals surface area contributed by atoms with Gasteiger partial charge in [0.1, 0.15) is 0 Å². The topological polar surface area (TPSA) is 59.9 Å². The highest BCUT2D eigenvalue weighted by atomic mass is 35.5. The van der Waals surface area contributed by atoms with E-state index in [-0.39, 0.29) is 17.2 Å². The summed E-state index contributed by atoms with van der Waals surface area (Å²) in [7, 11) is 0. The lowest BCUT2D eigenvalue weighted by Crippen LogP contribution is -2.11. The zero-order chi connectivity index (χ0) is 14.5. The highest BCUT2D eigenvalue weighted by Crippen LogP contribution is 2.18. The molecule has 20 heavy (non-hydrogen) atoms. The Morgan fingerprint density at radius 2 is 2.20 bits per heavy atom. The summed E-state index contributed by atoms with van der Waals surface area (Å²) in [5, 5.41) is 2.84. The van der Waals surface area contributed by atoms with Crippen molar-refractivity contribution in [3.05, 3.63) is 41.2 Å². The van der Waals surface area contributed by atoms with Gasteiger partial charge in [0.2, 0.25) is 11.2 Å². The van der Waals surface area contributed by atoms with Crippen LogP contribution in [0.3, 0.4) is 0 Å². The lowest BCUT2D eigenvalue weighted by molar-refractivity contribution is 0.230. The molecule has 1 N–H and O–H groups in total. The first-order chi connectivity index (χ1) is 9.56. The van der Waals surface area contributed by atoms with Crippen LogP contribution in [0.5, 0.6) is 5.88 Å². The molecule has 0 amide bonds. The second-order valence-electron chi connectivity index (χ2n) is 4.32. The van der Waals surface area contributed by atoms with Crippen molar-refractivity contribution in [2.24, 2.45) is 0 Å². The summed E-state index contributed by atoms with van der Waals surface area (Å²) in [4.78, 5) is 11.5. The third-order valence-corrected chi connectivity index (χ3v) is 2.54. The number of anilines is 1. The maximum Gasteiger partial charge on any atom is 0.224 e. The first kappa shape index (κ1) is 14.5. The number of halogens is 2. The molecule has 0 fully saturated rings. The van der Waals surface area contributed by atoms with Crippen LogP contribution in [-0.2, 0) is 6.54 Å². The Kier molecular flexibility index (Phi) is 4.68. The third kappa shape index (κ3) is 3.77. The van der Waals surface area contributed by atoms with Gasteiger partial charge in [-0.2, -0.15) is 4.98 Å². The van der Waals surface area contributed by atoms with Gasteiger partial charge in [-0.25, -0.2) is 14.4 Å². The van der Waals surface area contributed by atoms with Crippen LogP contribution >= 0.6 is 11.6 Å². The summed E-state index contributed by atoms with van der Waals surface area (Å²) < 4.78 is 19.1. The van der Waals surface area contributed by atoms with E-state index in [1.54, 1.807) is 12.3 Å². The molecule has 0 aliphatic heterocycles. The molecule has 0 bridgehead atoms. The predicted molar refractivity (Wildman–Crippen MR) is 74.3 cm³/mol. The van der Waals surface area contributed by atoms with Gasteiger partial charge < -0.3 is 10.1 Å². The standard InChI is InChI=1S/C13H14ClFN4O/c1-8(2)20-12-9(4-3-5-16-12)6-17-11-10(15)7-18-13(14)19-11/h3-5,7-8H,6H2,1-2H3,(H,17,18,19). The number of aromatic nitrogens is 3. The summed E-state index contributed by atoms with van der Waals surface area (Å²) >= 11 is 5.63. The molecule has 106 valence electrons. The number of hydrogen-bond donors (Lipinski definition) is 1. The van der Waals surface area contributed by atoms with Gasteiger partial charge >= 0.3 is 0 Å². The van der Waals surface area contributed by atoms with Gasteiger partial charge in [-0.15, -0.1) is 0 Å². The Morgan fingerprint density at radius 3 is 2.95 bits per heavy atom. The van der Waals surface area contributed by atoms with Crippen LogP contribution in [0, 0.1) is 5.82 Å². The van der Waals surface area contributed by atoms with Crippen LogP contribution in [0.25, 0.3) is 0 Å². The van der Waals surface area contributed by atoms with Gasteiger partial charge in [-0.1, -0.05) is 6.07 Å². The third-order valence-electron chi connectivity index (χ3n) is 2.36. The summed E-state index contributed by atoms with van der Waals surface area (Å²) in [6.45, 7) is 4.14. The van der Waals surface area contributed by atoms with Gasteiger partial charge in [-0.3, -0.25) is 0 Å². The van der Waals surface area contributed by atoms with Crippen molar-refractivity contribution >= 4 is 17.4 Å². The first-order valence-electron chi connectivity index (χ1n) is 6.08. The van der Waals surface area contributed by atoms with Crippen molar-refractivity contribution in [2.45, 2.75) is 26.5 Å². The van der Waals surface area contributed by atoms with E-state index in [0.29, 0.717) is 12.4 Å². The minimum atomic E-state index is -0.565. The van der Waals surface area contributed by atoms with E-state index in [2.05, 4.69) is 20.3 Å². The molecule has 2 aromatic heterocycles. The number of rotatable bonds is 5. The number of hydrogen-bond acceptors (Lipinski definition) is 5. The Balaban J connectivity index is 2.12. The molecule has 0 atom stereocenters. The van der Waals surface area contributed by atoms with E-state index >= 15 is 0 Å². The molecule has 0 aliphatic carbocycles. The molecule has 0 saturated carbocycles. The van der Waals surface area contributed by atoms with Crippen molar-refractivity contribution in [3.8, 4) is 5.88 Å². The number of ether oxygens (including phenoxy) is 1. The molecule has 0 radical (unpaired) electrons. The molecule has 0 spiro atoms. The fourth-order valence-electron chi connectivity index (χ4n) is 1.54. The fourth-order valence-corrected chi connectivity index (χ4v) is 1.67. The molecular formula is C13H14ClFN4O. The molecule has 2 heterocycles.